The lowest BCUT2D eigenvalue weighted by atomic mass is 10.0. The number of unbranched alkanes of at least 4 members (excludes halogenated alkanes) is 1. The normalized spacial score (nSPS) is 14.1. The summed E-state index contributed by atoms with van der Waals surface area (Å²) in [5.41, 5.74) is 6.59. The van der Waals surface area contributed by atoms with Crippen molar-refractivity contribution in [2.45, 2.75) is 52.1 Å². The summed E-state index contributed by atoms with van der Waals surface area (Å²) in [7, 11) is -3.35. The van der Waals surface area contributed by atoms with Crippen LogP contribution in [0.1, 0.15) is 55.5 Å². The highest BCUT2D eigenvalue weighted by Crippen LogP contribution is 2.27. The number of nitrogens with one attached hydrogen (secondary N) is 2. The number of likely N-dealkylation sites (tertiary alicyclic amines) is 1. The molecule has 4 rings (SSSR count). The molecule has 0 atom stereocenters. The summed E-state index contributed by atoms with van der Waals surface area (Å²) < 4.78 is 46.3. The number of rotatable bonds is 13. The quantitative estimate of drug-likeness (QED) is 0.209. The van der Waals surface area contributed by atoms with Gasteiger partial charge in [-0.3, -0.25) is 14.4 Å². The molecule has 0 unspecified atom stereocenters. The standard InChI is InChI=1S/C31H38ClFN6O5S/c1-3-5-14-39(31(41)36-28-17-25(30(34)40)26(32)18-27(28)33)23-12-15-38(16-13-23)20-21-6-11-29(35-19-21)44-24-9-7-22(8-10-24)37-45(42,43)4-2/h6-11,17-19,23,37H,3-5,12-16,20H2,1-2H3,(H2,34,40)(H,36,41). The predicted molar refractivity (Wildman–Crippen MR) is 173 cm³/mol. The molecule has 2 aromatic carbocycles. The lowest BCUT2D eigenvalue weighted by molar-refractivity contribution is 0.1000. The Bertz CT molecular complexity index is 1580. The molecule has 1 aliphatic rings. The van der Waals surface area contributed by atoms with Crippen molar-refractivity contribution in [1.82, 2.24) is 14.8 Å². The minimum atomic E-state index is -3.35. The molecule has 0 radical (unpaired) electrons. The fraction of sp³-hybridized carbons (Fsp3) is 0.387. The van der Waals surface area contributed by atoms with Gasteiger partial charge in [-0.25, -0.2) is 22.6 Å². The van der Waals surface area contributed by atoms with Gasteiger partial charge in [0, 0.05) is 50.2 Å². The van der Waals surface area contributed by atoms with Gasteiger partial charge >= 0.3 is 6.03 Å². The summed E-state index contributed by atoms with van der Waals surface area (Å²) in [4.78, 5) is 33.4. The molecule has 0 bridgehead atoms. The van der Waals surface area contributed by atoms with Gasteiger partial charge in [0.1, 0.15) is 11.6 Å². The number of piperidine rings is 1. The number of primary amides is 1. The molecule has 3 amide bonds. The molecule has 3 aromatic rings. The molecule has 0 spiro atoms. The number of amides is 3. The van der Waals surface area contributed by atoms with Gasteiger partial charge in [0.15, 0.2) is 0 Å². The van der Waals surface area contributed by atoms with Gasteiger partial charge < -0.3 is 20.7 Å². The molecule has 242 valence electrons. The summed E-state index contributed by atoms with van der Waals surface area (Å²) in [6.07, 6.45) is 4.93. The van der Waals surface area contributed by atoms with Gasteiger partial charge in [0.2, 0.25) is 21.8 Å². The molecule has 11 nitrogen and oxygen atoms in total. The van der Waals surface area contributed by atoms with Crippen LogP contribution in [0.25, 0.3) is 0 Å². The summed E-state index contributed by atoms with van der Waals surface area (Å²) in [5.74, 6) is -0.626. The van der Waals surface area contributed by atoms with Crippen molar-refractivity contribution in [3.8, 4) is 11.6 Å². The minimum absolute atomic E-state index is 0.0109. The zero-order valence-corrected chi connectivity index (χ0v) is 26.8. The van der Waals surface area contributed by atoms with Gasteiger partial charge in [0.25, 0.3) is 0 Å². The number of benzene rings is 2. The largest absolute Gasteiger partial charge is 0.439 e. The molecular formula is C31H38ClFN6O5S. The number of sulfonamides is 1. The number of anilines is 2. The monoisotopic (exact) mass is 660 g/mol. The number of ether oxygens (including phenoxy) is 1. The first-order valence-corrected chi connectivity index (χ1v) is 16.8. The molecule has 0 aliphatic carbocycles. The number of carbonyl (C=O) groups excluding carboxylic acids is 2. The summed E-state index contributed by atoms with van der Waals surface area (Å²) in [6, 6.07) is 12.0. The Labute approximate surface area is 267 Å². The molecule has 45 heavy (non-hydrogen) atoms. The van der Waals surface area contributed by atoms with Gasteiger partial charge in [-0.1, -0.05) is 31.0 Å². The number of carbonyl (C=O) groups is 2. The third-order valence-electron chi connectivity index (χ3n) is 7.51. The van der Waals surface area contributed by atoms with E-state index in [1.165, 1.54) is 6.07 Å². The van der Waals surface area contributed by atoms with Crippen molar-refractivity contribution in [3.63, 3.8) is 0 Å². The Morgan fingerprint density at radius 3 is 2.44 bits per heavy atom. The van der Waals surface area contributed by atoms with Crippen molar-refractivity contribution < 1.29 is 27.1 Å². The molecule has 1 fully saturated rings. The number of hydrogen-bond acceptors (Lipinski definition) is 7. The first-order chi connectivity index (χ1) is 21.5. The van der Waals surface area contributed by atoms with Gasteiger partial charge in [0.05, 0.1) is 22.0 Å². The Balaban J connectivity index is 1.31. The highest BCUT2D eigenvalue weighted by Gasteiger charge is 2.28. The number of hydrogen-bond donors (Lipinski definition) is 3. The Morgan fingerprint density at radius 1 is 1.13 bits per heavy atom. The lowest BCUT2D eigenvalue weighted by Crippen LogP contribution is -2.49. The van der Waals surface area contributed by atoms with Gasteiger partial charge in [-0.05, 0) is 68.1 Å². The number of halogens is 2. The van der Waals surface area contributed by atoms with E-state index in [0.29, 0.717) is 30.4 Å². The third kappa shape index (κ3) is 9.52. The third-order valence-corrected chi connectivity index (χ3v) is 9.13. The average Bonchev–Trinajstić information content (AvgIpc) is 3.01. The van der Waals surface area contributed by atoms with Crippen LogP contribution in [-0.4, -0.2) is 66.6 Å². The lowest BCUT2D eigenvalue weighted by Gasteiger charge is -2.38. The van der Waals surface area contributed by atoms with Crippen molar-refractivity contribution in [1.29, 1.82) is 0 Å². The van der Waals surface area contributed by atoms with Crippen LogP contribution >= 0.6 is 11.6 Å². The number of pyridine rings is 1. The van der Waals surface area contributed by atoms with Gasteiger partial charge in [-0.2, -0.15) is 0 Å². The first-order valence-electron chi connectivity index (χ1n) is 14.8. The van der Waals surface area contributed by atoms with E-state index in [-0.39, 0.29) is 28.1 Å². The van der Waals surface area contributed by atoms with E-state index in [0.717, 1.165) is 50.4 Å². The first kappa shape index (κ1) is 33.9. The van der Waals surface area contributed by atoms with E-state index >= 15 is 0 Å². The van der Waals surface area contributed by atoms with E-state index in [4.69, 9.17) is 22.1 Å². The fourth-order valence-electron chi connectivity index (χ4n) is 4.97. The zero-order valence-electron chi connectivity index (χ0n) is 25.3. The van der Waals surface area contributed by atoms with Crippen LogP contribution in [0.3, 0.4) is 0 Å². The molecule has 1 aliphatic heterocycles. The molecular weight excluding hydrogens is 623 g/mol. The van der Waals surface area contributed by atoms with Crippen LogP contribution in [0.2, 0.25) is 5.02 Å². The van der Waals surface area contributed by atoms with E-state index in [9.17, 15) is 22.4 Å². The maximum Gasteiger partial charge on any atom is 0.322 e. The summed E-state index contributed by atoms with van der Waals surface area (Å²) in [5, 5.41) is 2.50. The molecule has 0 saturated carbocycles. The molecule has 1 saturated heterocycles. The van der Waals surface area contributed by atoms with Crippen molar-refractivity contribution in [3.05, 3.63) is 76.7 Å². The average molecular weight is 661 g/mol. The minimum Gasteiger partial charge on any atom is -0.439 e. The van der Waals surface area contributed by atoms with Crippen LogP contribution < -0.4 is 20.5 Å². The summed E-state index contributed by atoms with van der Waals surface area (Å²) in [6.45, 7) is 6.33. The second kappa shape index (κ2) is 15.4. The second-order valence-electron chi connectivity index (χ2n) is 10.8. The molecule has 1 aromatic heterocycles. The van der Waals surface area contributed by atoms with Crippen LogP contribution in [-0.2, 0) is 16.6 Å². The smallest absolute Gasteiger partial charge is 0.322 e. The number of aromatic nitrogens is 1. The van der Waals surface area contributed by atoms with E-state index < -0.39 is 27.8 Å². The number of nitrogens with zero attached hydrogens (tertiary/aromatic N) is 3. The van der Waals surface area contributed by atoms with Crippen molar-refractivity contribution >= 4 is 44.9 Å². The van der Waals surface area contributed by atoms with Crippen LogP contribution in [0.4, 0.5) is 20.6 Å². The Morgan fingerprint density at radius 2 is 1.84 bits per heavy atom. The zero-order chi connectivity index (χ0) is 32.6. The number of nitrogens with two attached hydrogens (primary N) is 1. The topological polar surface area (TPSA) is 147 Å². The molecule has 4 N–H and O–H groups in total. The SMILES string of the molecule is CCCCN(C(=O)Nc1cc(C(N)=O)c(Cl)cc1F)C1CCN(Cc2ccc(Oc3ccc(NS(=O)(=O)CC)cc3)nc2)CC1. The second-order valence-corrected chi connectivity index (χ2v) is 13.2. The van der Waals surface area contributed by atoms with Crippen LogP contribution in [0.15, 0.2) is 54.7 Å². The van der Waals surface area contributed by atoms with Crippen molar-refractivity contribution in [2.24, 2.45) is 5.73 Å². The molecule has 14 heteroatoms. The van der Waals surface area contributed by atoms with E-state index in [2.05, 4.69) is 19.9 Å². The Hall–Kier alpha value is -3.94. The van der Waals surface area contributed by atoms with E-state index in [1.54, 1.807) is 48.4 Å². The van der Waals surface area contributed by atoms with E-state index in [1.807, 2.05) is 13.0 Å². The molecule has 2 heterocycles. The predicted octanol–water partition coefficient (Wildman–Crippen LogP) is 5.83. The fourth-order valence-corrected chi connectivity index (χ4v) is 5.86. The highest BCUT2D eigenvalue weighted by molar-refractivity contribution is 7.92. The van der Waals surface area contributed by atoms with Crippen LogP contribution in [0.5, 0.6) is 11.6 Å². The van der Waals surface area contributed by atoms with Gasteiger partial charge in [-0.15, -0.1) is 0 Å². The number of urea groups is 1. The van der Waals surface area contributed by atoms with Crippen molar-refractivity contribution in [2.75, 3.05) is 35.4 Å². The Kier molecular flexibility index (Phi) is 11.6. The maximum atomic E-state index is 14.6. The summed E-state index contributed by atoms with van der Waals surface area (Å²) >= 11 is 5.93. The highest BCUT2D eigenvalue weighted by atomic mass is 35.5. The van der Waals surface area contributed by atoms with Crippen LogP contribution in [0, 0.1) is 5.82 Å². The maximum absolute atomic E-state index is 14.6.